The summed E-state index contributed by atoms with van der Waals surface area (Å²) in [6, 6.07) is 5.67. The maximum absolute atomic E-state index is 11.6. The summed E-state index contributed by atoms with van der Waals surface area (Å²) in [5.74, 6) is -0.187. The van der Waals surface area contributed by atoms with Crippen molar-refractivity contribution in [2.24, 2.45) is 4.99 Å². The minimum absolute atomic E-state index is 0.187. The summed E-state index contributed by atoms with van der Waals surface area (Å²) in [6.45, 7) is 6.08. The molecule has 0 N–H and O–H groups in total. The number of ether oxygens (including phenoxy) is 1. The molecule has 0 heterocycles. The van der Waals surface area contributed by atoms with Gasteiger partial charge in [-0.1, -0.05) is 36.6 Å². The Morgan fingerprint density at radius 3 is 2.23 bits per heavy atom. The monoisotopic (exact) mass is 379 g/mol. The van der Waals surface area contributed by atoms with Crippen molar-refractivity contribution in [1.29, 1.82) is 0 Å². The average molecular weight is 380 g/mol. The van der Waals surface area contributed by atoms with Gasteiger partial charge in [0.05, 0.1) is 0 Å². The summed E-state index contributed by atoms with van der Waals surface area (Å²) in [7, 11) is 1.78. The van der Waals surface area contributed by atoms with E-state index in [0.29, 0.717) is 0 Å². The fourth-order valence-corrected chi connectivity index (χ4v) is 1.86. The van der Waals surface area contributed by atoms with Gasteiger partial charge in [-0.3, -0.25) is 4.99 Å². The molecule has 0 aliphatic rings. The number of hydrogen-bond donors (Lipinski definition) is 0. The summed E-state index contributed by atoms with van der Waals surface area (Å²) < 4.78 is 39.6. The van der Waals surface area contributed by atoms with E-state index < -0.39 is 6.36 Å². The van der Waals surface area contributed by atoms with Gasteiger partial charge in [-0.05, 0) is 48.3 Å². The molecule has 0 saturated heterocycles. The summed E-state index contributed by atoms with van der Waals surface area (Å²) >= 11 is 3.43. The highest BCUT2D eigenvalue weighted by atomic mass is 79.9. The number of aliphatic imine (C=N–C) groups is 1. The zero-order chi connectivity index (χ0) is 17.2. The standard InChI is InChI=1S/C8H14BrN.C8H7F3O/c1-4-5-7(2)8(9)6-10-3;1-6-2-4-7(5-3-6)12-8(9,10)11/h6H,4-5H2,1-3H3;2-5H,1H3/b8-7+,10-6?;. The third kappa shape index (κ3) is 10.4. The molecule has 0 radical (unpaired) electrons. The molecule has 1 aromatic carbocycles. The van der Waals surface area contributed by atoms with Crippen molar-refractivity contribution in [3.05, 3.63) is 39.9 Å². The molecule has 0 spiro atoms. The molecule has 0 bridgehead atoms. The van der Waals surface area contributed by atoms with Crippen LogP contribution in [0.3, 0.4) is 0 Å². The SMILES string of the molecule is CCC/C(C)=C(/Br)C=NC.Cc1ccc(OC(F)(F)F)cc1. The molecular formula is C16H21BrF3NO. The van der Waals surface area contributed by atoms with E-state index in [2.05, 4.69) is 39.5 Å². The molecule has 6 heteroatoms. The number of hydrogen-bond acceptors (Lipinski definition) is 2. The predicted molar refractivity (Wildman–Crippen MR) is 88.8 cm³/mol. The van der Waals surface area contributed by atoms with E-state index in [1.807, 2.05) is 6.21 Å². The topological polar surface area (TPSA) is 21.6 Å². The van der Waals surface area contributed by atoms with Gasteiger partial charge in [-0.25, -0.2) is 0 Å². The van der Waals surface area contributed by atoms with E-state index in [4.69, 9.17) is 0 Å². The summed E-state index contributed by atoms with van der Waals surface area (Å²) in [6.07, 6.45) is -0.425. The lowest BCUT2D eigenvalue weighted by atomic mass is 10.2. The number of allylic oxidation sites excluding steroid dienone is 2. The zero-order valence-electron chi connectivity index (χ0n) is 13.2. The molecule has 0 atom stereocenters. The minimum atomic E-state index is -4.60. The quantitative estimate of drug-likeness (QED) is 0.583. The number of rotatable bonds is 4. The van der Waals surface area contributed by atoms with Crippen LogP contribution in [0.4, 0.5) is 13.2 Å². The zero-order valence-corrected chi connectivity index (χ0v) is 14.8. The Bertz CT molecular complexity index is 493. The van der Waals surface area contributed by atoms with Crippen LogP contribution in [0.1, 0.15) is 32.3 Å². The normalized spacial score (nSPS) is 12.5. The van der Waals surface area contributed by atoms with E-state index in [9.17, 15) is 13.2 Å². The summed E-state index contributed by atoms with van der Waals surface area (Å²) in [5, 5.41) is 0. The molecule has 0 amide bonds. The van der Waals surface area contributed by atoms with Crippen LogP contribution < -0.4 is 4.74 Å². The van der Waals surface area contributed by atoms with E-state index in [-0.39, 0.29) is 5.75 Å². The Morgan fingerprint density at radius 2 is 1.82 bits per heavy atom. The number of aryl methyl sites for hydroxylation is 1. The van der Waals surface area contributed by atoms with Crippen molar-refractivity contribution in [3.8, 4) is 5.75 Å². The predicted octanol–water partition coefficient (Wildman–Crippen LogP) is 6.05. The van der Waals surface area contributed by atoms with Gasteiger partial charge >= 0.3 is 6.36 Å². The van der Waals surface area contributed by atoms with Crippen LogP contribution in [0.15, 0.2) is 39.3 Å². The fraction of sp³-hybridized carbons (Fsp3) is 0.438. The van der Waals surface area contributed by atoms with Crippen LogP contribution in [0.2, 0.25) is 0 Å². The first-order chi connectivity index (χ1) is 10.2. The number of alkyl halides is 3. The van der Waals surface area contributed by atoms with E-state index >= 15 is 0 Å². The molecule has 0 unspecified atom stereocenters. The molecule has 0 aliphatic carbocycles. The Labute approximate surface area is 138 Å². The van der Waals surface area contributed by atoms with Gasteiger partial charge in [0.15, 0.2) is 0 Å². The molecule has 2 nitrogen and oxygen atoms in total. The van der Waals surface area contributed by atoms with Crippen molar-refractivity contribution in [3.63, 3.8) is 0 Å². The van der Waals surface area contributed by atoms with Gasteiger partial charge in [0.1, 0.15) is 5.75 Å². The molecule has 0 saturated carbocycles. The number of nitrogens with zero attached hydrogens (tertiary/aromatic N) is 1. The maximum Gasteiger partial charge on any atom is 0.573 e. The lowest BCUT2D eigenvalue weighted by molar-refractivity contribution is -0.274. The molecule has 0 aromatic heterocycles. The Kier molecular flexibility index (Phi) is 9.81. The van der Waals surface area contributed by atoms with Gasteiger partial charge in [0, 0.05) is 17.7 Å². The van der Waals surface area contributed by atoms with Gasteiger partial charge in [-0.2, -0.15) is 0 Å². The summed E-state index contributed by atoms with van der Waals surface area (Å²) in [5.41, 5.74) is 2.26. The van der Waals surface area contributed by atoms with Crippen LogP contribution in [0.5, 0.6) is 5.75 Å². The van der Waals surface area contributed by atoms with Crippen molar-refractivity contribution >= 4 is 22.1 Å². The molecule has 0 aliphatic heterocycles. The number of benzene rings is 1. The van der Waals surface area contributed by atoms with E-state index in [1.54, 1.807) is 26.1 Å². The first-order valence-electron chi connectivity index (χ1n) is 6.79. The van der Waals surface area contributed by atoms with Gasteiger partial charge in [0.25, 0.3) is 0 Å². The second-order valence-corrected chi connectivity index (χ2v) is 5.48. The average Bonchev–Trinajstić information content (AvgIpc) is 2.41. The van der Waals surface area contributed by atoms with Crippen molar-refractivity contribution in [2.45, 2.75) is 40.0 Å². The molecule has 1 aromatic rings. The smallest absolute Gasteiger partial charge is 0.406 e. The molecule has 22 heavy (non-hydrogen) atoms. The lowest BCUT2D eigenvalue weighted by Crippen LogP contribution is -2.16. The highest BCUT2D eigenvalue weighted by molar-refractivity contribution is 9.12. The highest BCUT2D eigenvalue weighted by Crippen LogP contribution is 2.22. The second kappa shape index (κ2) is 10.4. The third-order valence-corrected chi connectivity index (χ3v) is 3.41. The van der Waals surface area contributed by atoms with E-state index in [1.165, 1.54) is 24.1 Å². The molecular weight excluding hydrogens is 359 g/mol. The van der Waals surface area contributed by atoms with Gasteiger partial charge in [-0.15, -0.1) is 13.2 Å². The molecule has 1 rings (SSSR count). The second-order valence-electron chi connectivity index (χ2n) is 4.63. The maximum atomic E-state index is 11.6. The third-order valence-electron chi connectivity index (χ3n) is 2.53. The fourth-order valence-electron chi connectivity index (χ4n) is 1.46. The Balaban J connectivity index is 0.000000409. The largest absolute Gasteiger partial charge is 0.573 e. The Morgan fingerprint density at radius 1 is 1.27 bits per heavy atom. The minimum Gasteiger partial charge on any atom is -0.406 e. The van der Waals surface area contributed by atoms with Crippen molar-refractivity contribution in [2.75, 3.05) is 7.05 Å². The van der Waals surface area contributed by atoms with Gasteiger partial charge in [0.2, 0.25) is 0 Å². The lowest BCUT2D eigenvalue weighted by Gasteiger charge is -2.08. The first kappa shape index (κ1) is 20.7. The number of halogens is 4. The van der Waals surface area contributed by atoms with Crippen LogP contribution in [-0.4, -0.2) is 19.6 Å². The summed E-state index contributed by atoms with van der Waals surface area (Å²) in [4.78, 5) is 3.91. The Hall–Kier alpha value is -1.30. The van der Waals surface area contributed by atoms with Crippen LogP contribution in [0, 0.1) is 6.92 Å². The van der Waals surface area contributed by atoms with Crippen LogP contribution in [0.25, 0.3) is 0 Å². The van der Waals surface area contributed by atoms with Crippen molar-refractivity contribution in [1.82, 2.24) is 0 Å². The molecule has 124 valence electrons. The first-order valence-corrected chi connectivity index (χ1v) is 7.58. The van der Waals surface area contributed by atoms with E-state index in [0.717, 1.165) is 16.5 Å². The highest BCUT2D eigenvalue weighted by Gasteiger charge is 2.30. The molecule has 0 fully saturated rings. The van der Waals surface area contributed by atoms with Crippen LogP contribution in [-0.2, 0) is 0 Å². The van der Waals surface area contributed by atoms with Gasteiger partial charge < -0.3 is 4.74 Å². The van der Waals surface area contributed by atoms with Crippen LogP contribution >= 0.6 is 15.9 Å². The van der Waals surface area contributed by atoms with Crippen molar-refractivity contribution < 1.29 is 17.9 Å².